The summed E-state index contributed by atoms with van der Waals surface area (Å²) in [4.78, 5) is 15.9. The van der Waals surface area contributed by atoms with E-state index in [-0.39, 0.29) is 12.5 Å². The molecule has 0 saturated heterocycles. The molecule has 1 amide bonds. The summed E-state index contributed by atoms with van der Waals surface area (Å²) in [6.45, 7) is 1.97. The van der Waals surface area contributed by atoms with Gasteiger partial charge in [-0.3, -0.25) is 4.79 Å². The first kappa shape index (κ1) is 18.6. The Morgan fingerprint density at radius 1 is 1.03 bits per heavy atom. The number of aromatic nitrogens is 4. The van der Waals surface area contributed by atoms with Crippen molar-refractivity contribution >= 4 is 28.1 Å². The molecule has 0 fully saturated rings. The maximum Gasteiger partial charge on any atom is 0.248 e. The number of nitrogens with zero attached hydrogens (tertiary/aromatic N) is 5. The van der Waals surface area contributed by atoms with E-state index in [1.54, 1.807) is 0 Å². The number of anilines is 2. The SMILES string of the molecule is Cc1ccc2ccccc2c1NC(=O)Cn1nnc(-c2ccc(N(C)C)cc2)n1. The number of tetrazole rings is 1. The molecule has 1 N–H and O–H groups in total. The van der Waals surface area contributed by atoms with Gasteiger partial charge in [-0.15, -0.1) is 10.2 Å². The van der Waals surface area contributed by atoms with Crippen molar-refractivity contribution < 1.29 is 4.79 Å². The normalized spacial score (nSPS) is 10.9. The largest absolute Gasteiger partial charge is 0.378 e. The Labute approximate surface area is 169 Å². The fraction of sp³-hybridized carbons (Fsp3) is 0.182. The highest BCUT2D eigenvalue weighted by Gasteiger charge is 2.12. The number of hydrogen-bond donors (Lipinski definition) is 1. The molecule has 0 unspecified atom stereocenters. The van der Waals surface area contributed by atoms with Crippen LogP contribution in [0.5, 0.6) is 0 Å². The molecule has 0 aliphatic heterocycles. The van der Waals surface area contributed by atoms with Crippen LogP contribution in [0, 0.1) is 6.92 Å². The minimum Gasteiger partial charge on any atom is -0.378 e. The zero-order valence-electron chi connectivity index (χ0n) is 16.6. The van der Waals surface area contributed by atoms with E-state index in [1.807, 2.05) is 86.6 Å². The minimum absolute atomic E-state index is 0.00849. The monoisotopic (exact) mass is 386 g/mol. The lowest BCUT2D eigenvalue weighted by Crippen LogP contribution is -2.21. The van der Waals surface area contributed by atoms with E-state index < -0.39 is 0 Å². The second-order valence-electron chi connectivity index (χ2n) is 7.11. The van der Waals surface area contributed by atoms with Gasteiger partial charge in [-0.05, 0) is 47.4 Å². The molecule has 3 aromatic carbocycles. The summed E-state index contributed by atoms with van der Waals surface area (Å²) in [5, 5.41) is 17.5. The van der Waals surface area contributed by atoms with Crippen LogP contribution < -0.4 is 10.2 Å². The molecule has 146 valence electrons. The number of nitrogens with one attached hydrogen (secondary N) is 1. The van der Waals surface area contributed by atoms with Crippen LogP contribution in [0.1, 0.15) is 5.56 Å². The molecule has 0 radical (unpaired) electrons. The average molecular weight is 386 g/mol. The van der Waals surface area contributed by atoms with Crippen molar-refractivity contribution in [1.29, 1.82) is 0 Å². The van der Waals surface area contributed by atoms with Crippen LogP contribution in [0.2, 0.25) is 0 Å². The van der Waals surface area contributed by atoms with Crippen molar-refractivity contribution in [3.63, 3.8) is 0 Å². The van der Waals surface area contributed by atoms with Gasteiger partial charge in [0, 0.05) is 30.7 Å². The van der Waals surface area contributed by atoms with Gasteiger partial charge >= 0.3 is 0 Å². The summed E-state index contributed by atoms with van der Waals surface area (Å²) in [5.74, 6) is 0.292. The fourth-order valence-electron chi connectivity index (χ4n) is 3.19. The van der Waals surface area contributed by atoms with Crippen LogP contribution in [-0.2, 0) is 11.3 Å². The van der Waals surface area contributed by atoms with Gasteiger partial charge in [0.05, 0.1) is 5.69 Å². The molecular formula is C22H22N6O. The van der Waals surface area contributed by atoms with Crippen LogP contribution in [0.15, 0.2) is 60.7 Å². The van der Waals surface area contributed by atoms with Crippen molar-refractivity contribution in [3.8, 4) is 11.4 Å². The summed E-state index contributed by atoms with van der Waals surface area (Å²) in [5.41, 5.74) is 3.76. The van der Waals surface area contributed by atoms with Gasteiger partial charge < -0.3 is 10.2 Å². The quantitative estimate of drug-likeness (QED) is 0.568. The Hall–Kier alpha value is -3.74. The van der Waals surface area contributed by atoms with E-state index >= 15 is 0 Å². The molecule has 0 aliphatic rings. The third kappa shape index (κ3) is 3.94. The second-order valence-corrected chi connectivity index (χ2v) is 7.11. The highest BCUT2D eigenvalue weighted by molar-refractivity contribution is 6.03. The van der Waals surface area contributed by atoms with E-state index in [2.05, 4.69) is 20.7 Å². The van der Waals surface area contributed by atoms with Gasteiger partial charge in [-0.2, -0.15) is 4.80 Å². The molecule has 4 rings (SSSR count). The Bertz CT molecular complexity index is 1160. The summed E-state index contributed by atoms with van der Waals surface area (Å²) in [6.07, 6.45) is 0. The van der Waals surface area contributed by atoms with Gasteiger partial charge in [0.2, 0.25) is 11.7 Å². The first-order chi connectivity index (χ1) is 14.0. The average Bonchev–Trinajstić information content (AvgIpc) is 3.18. The van der Waals surface area contributed by atoms with Crippen molar-refractivity contribution in [2.24, 2.45) is 0 Å². The van der Waals surface area contributed by atoms with Gasteiger partial charge in [0.25, 0.3) is 0 Å². The maximum absolute atomic E-state index is 12.6. The third-order valence-corrected chi connectivity index (χ3v) is 4.78. The lowest BCUT2D eigenvalue weighted by atomic mass is 10.0. The van der Waals surface area contributed by atoms with Crippen LogP contribution >= 0.6 is 0 Å². The molecule has 1 aromatic heterocycles. The first-order valence-electron chi connectivity index (χ1n) is 9.35. The number of rotatable bonds is 5. The summed E-state index contributed by atoms with van der Waals surface area (Å²) in [7, 11) is 3.97. The molecule has 29 heavy (non-hydrogen) atoms. The van der Waals surface area contributed by atoms with Crippen molar-refractivity contribution in [1.82, 2.24) is 20.2 Å². The van der Waals surface area contributed by atoms with Crippen LogP contribution in [0.25, 0.3) is 22.2 Å². The molecule has 0 saturated carbocycles. The molecule has 0 aliphatic carbocycles. The highest BCUT2D eigenvalue weighted by Crippen LogP contribution is 2.27. The van der Waals surface area contributed by atoms with Crippen molar-refractivity contribution in [2.75, 3.05) is 24.3 Å². The topological polar surface area (TPSA) is 75.9 Å². The Morgan fingerprint density at radius 3 is 2.55 bits per heavy atom. The fourth-order valence-corrected chi connectivity index (χ4v) is 3.19. The molecule has 7 nitrogen and oxygen atoms in total. The number of aryl methyl sites for hydroxylation is 1. The number of benzene rings is 3. The smallest absolute Gasteiger partial charge is 0.248 e. The van der Waals surface area contributed by atoms with Gasteiger partial charge in [0.1, 0.15) is 6.54 Å². The molecule has 7 heteroatoms. The molecule has 0 bridgehead atoms. The maximum atomic E-state index is 12.6. The van der Waals surface area contributed by atoms with Crippen molar-refractivity contribution in [2.45, 2.75) is 13.5 Å². The first-order valence-corrected chi connectivity index (χ1v) is 9.35. The van der Waals surface area contributed by atoms with E-state index in [1.165, 1.54) is 4.80 Å². The Morgan fingerprint density at radius 2 is 1.79 bits per heavy atom. The van der Waals surface area contributed by atoms with E-state index in [4.69, 9.17) is 0 Å². The Balaban J connectivity index is 1.50. The van der Waals surface area contributed by atoms with Gasteiger partial charge in [0.15, 0.2) is 0 Å². The molecule has 0 atom stereocenters. The van der Waals surface area contributed by atoms with Crippen molar-refractivity contribution in [3.05, 3.63) is 66.2 Å². The van der Waals surface area contributed by atoms with E-state index in [9.17, 15) is 4.79 Å². The summed E-state index contributed by atoms with van der Waals surface area (Å²) >= 11 is 0. The van der Waals surface area contributed by atoms with Crippen LogP contribution in [0.4, 0.5) is 11.4 Å². The molecule has 0 spiro atoms. The molecule has 4 aromatic rings. The number of fused-ring (bicyclic) bond motifs is 1. The minimum atomic E-state index is -0.198. The van der Waals surface area contributed by atoms with Gasteiger partial charge in [-0.1, -0.05) is 36.4 Å². The highest BCUT2D eigenvalue weighted by atomic mass is 16.2. The van der Waals surface area contributed by atoms with E-state index in [0.717, 1.165) is 33.3 Å². The number of carbonyl (C=O) groups is 1. The van der Waals surface area contributed by atoms with E-state index in [0.29, 0.717) is 5.82 Å². The predicted molar refractivity (Wildman–Crippen MR) is 115 cm³/mol. The van der Waals surface area contributed by atoms with Crippen LogP contribution in [0.3, 0.4) is 0 Å². The van der Waals surface area contributed by atoms with Crippen LogP contribution in [-0.4, -0.2) is 40.2 Å². The molecular weight excluding hydrogens is 364 g/mol. The predicted octanol–water partition coefficient (Wildman–Crippen LogP) is 3.51. The second kappa shape index (κ2) is 7.71. The lowest BCUT2D eigenvalue weighted by Gasteiger charge is -2.12. The number of carbonyl (C=O) groups excluding carboxylic acids is 1. The Kier molecular flexibility index (Phi) is 4.95. The lowest BCUT2D eigenvalue weighted by molar-refractivity contribution is -0.117. The zero-order chi connectivity index (χ0) is 20.4. The standard InChI is InChI=1S/C22H22N6O/c1-15-8-9-16-6-4-5-7-19(16)21(15)23-20(29)14-28-25-22(24-26-28)17-10-12-18(13-11-17)27(2)3/h4-13H,14H2,1-3H3,(H,23,29). The third-order valence-electron chi connectivity index (χ3n) is 4.78. The summed E-state index contributed by atoms with van der Waals surface area (Å²) < 4.78 is 0. The summed E-state index contributed by atoms with van der Waals surface area (Å²) in [6, 6.07) is 19.9. The number of amides is 1. The zero-order valence-corrected chi connectivity index (χ0v) is 16.6. The number of hydrogen-bond acceptors (Lipinski definition) is 5. The molecule has 1 heterocycles. The van der Waals surface area contributed by atoms with Gasteiger partial charge in [-0.25, -0.2) is 0 Å².